The predicted octanol–water partition coefficient (Wildman–Crippen LogP) is 3.85. The van der Waals surface area contributed by atoms with Crippen molar-refractivity contribution >= 4 is 5.69 Å². The van der Waals surface area contributed by atoms with E-state index in [-0.39, 0.29) is 0 Å². The van der Waals surface area contributed by atoms with Gasteiger partial charge >= 0.3 is 0 Å². The molecule has 0 aliphatic carbocycles. The summed E-state index contributed by atoms with van der Waals surface area (Å²) in [7, 11) is 2.16. The minimum Gasteiger partial charge on any atom is -0.384 e. The van der Waals surface area contributed by atoms with Crippen molar-refractivity contribution in [2.24, 2.45) is 0 Å². The van der Waals surface area contributed by atoms with Gasteiger partial charge in [0, 0.05) is 25.3 Å². The zero-order chi connectivity index (χ0) is 14.4. The first-order valence-corrected chi connectivity index (χ1v) is 7.19. The van der Waals surface area contributed by atoms with Crippen molar-refractivity contribution in [2.75, 3.05) is 25.5 Å². The fourth-order valence-electron chi connectivity index (χ4n) is 2.22. The Balaban J connectivity index is 1.76. The maximum atomic E-state index is 3.49. The van der Waals surface area contributed by atoms with E-state index in [0.717, 1.165) is 19.6 Å². The van der Waals surface area contributed by atoms with Crippen LogP contribution >= 0.6 is 0 Å². The molecule has 2 heteroatoms. The van der Waals surface area contributed by atoms with Crippen LogP contribution in [-0.2, 0) is 6.54 Å². The standard InChI is InChI=1S/C18H24N2/c1-15-9-10-18(13-16(15)2)19-11-12-20(3)14-17-7-5-4-6-8-17/h4-10,13,19H,11-12,14H2,1-3H3. The summed E-state index contributed by atoms with van der Waals surface area (Å²) in [5.41, 5.74) is 5.26. The quantitative estimate of drug-likeness (QED) is 0.856. The monoisotopic (exact) mass is 268 g/mol. The van der Waals surface area contributed by atoms with E-state index < -0.39 is 0 Å². The number of hydrogen-bond acceptors (Lipinski definition) is 2. The van der Waals surface area contributed by atoms with E-state index >= 15 is 0 Å². The van der Waals surface area contributed by atoms with Gasteiger partial charge in [0.2, 0.25) is 0 Å². The molecule has 106 valence electrons. The Morgan fingerprint density at radius 2 is 1.70 bits per heavy atom. The van der Waals surface area contributed by atoms with E-state index in [4.69, 9.17) is 0 Å². The summed E-state index contributed by atoms with van der Waals surface area (Å²) >= 11 is 0. The van der Waals surface area contributed by atoms with Crippen LogP contribution in [0.5, 0.6) is 0 Å². The molecule has 20 heavy (non-hydrogen) atoms. The van der Waals surface area contributed by atoms with Crippen molar-refractivity contribution in [3.05, 3.63) is 65.2 Å². The third-order valence-electron chi connectivity index (χ3n) is 3.62. The summed E-state index contributed by atoms with van der Waals surface area (Å²) in [6.07, 6.45) is 0. The number of nitrogens with zero attached hydrogens (tertiary/aromatic N) is 1. The third-order valence-corrected chi connectivity index (χ3v) is 3.62. The first-order valence-electron chi connectivity index (χ1n) is 7.19. The molecule has 0 saturated heterocycles. The van der Waals surface area contributed by atoms with Crippen molar-refractivity contribution in [1.82, 2.24) is 4.90 Å². The topological polar surface area (TPSA) is 15.3 Å². The largest absolute Gasteiger partial charge is 0.384 e. The lowest BCUT2D eigenvalue weighted by Gasteiger charge is -2.17. The van der Waals surface area contributed by atoms with E-state index in [0.29, 0.717) is 0 Å². The second-order valence-corrected chi connectivity index (χ2v) is 5.45. The molecule has 0 aliphatic rings. The number of aryl methyl sites for hydroxylation is 2. The molecular formula is C18H24N2. The summed E-state index contributed by atoms with van der Waals surface area (Å²) in [5, 5.41) is 3.49. The average molecular weight is 268 g/mol. The van der Waals surface area contributed by atoms with E-state index in [1.807, 2.05) is 0 Å². The highest BCUT2D eigenvalue weighted by atomic mass is 15.1. The Labute approximate surface area is 122 Å². The van der Waals surface area contributed by atoms with Gasteiger partial charge in [0.05, 0.1) is 0 Å². The normalized spacial score (nSPS) is 10.8. The molecule has 2 aromatic carbocycles. The molecular weight excluding hydrogens is 244 g/mol. The van der Waals surface area contributed by atoms with Crippen LogP contribution in [0.2, 0.25) is 0 Å². The van der Waals surface area contributed by atoms with Gasteiger partial charge in [-0.05, 0) is 49.7 Å². The smallest absolute Gasteiger partial charge is 0.0343 e. The highest BCUT2D eigenvalue weighted by Gasteiger charge is 2.00. The van der Waals surface area contributed by atoms with Crippen molar-refractivity contribution in [3.63, 3.8) is 0 Å². The van der Waals surface area contributed by atoms with E-state index in [9.17, 15) is 0 Å². The zero-order valence-corrected chi connectivity index (χ0v) is 12.7. The zero-order valence-electron chi connectivity index (χ0n) is 12.7. The van der Waals surface area contributed by atoms with Crippen LogP contribution in [0.1, 0.15) is 16.7 Å². The van der Waals surface area contributed by atoms with Crippen LogP contribution in [-0.4, -0.2) is 25.0 Å². The van der Waals surface area contributed by atoms with Crippen molar-refractivity contribution in [2.45, 2.75) is 20.4 Å². The highest BCUT2D eigenvalue weighted by molar-refractivity contribution is 5.48. The van der Waals surface area contributed by atoms with Gasteiger partial charge in [0.25, 0.3) is 0 Å². The minimum absolute atomic E-state index is 0.964. The number of nitrogens with one attached hydrogen (secondary N) is 1. The molecule has 0 atom stereocenters. The number of benzene rings is 2. The van der Waals surface area contributed by atoms with Crippen LogP contribution in [0.3, 0.4) is 0 Å². The Hall–Kier alpha value is -1.80. The first-order chi connectivity index (χ1) is 9.65. The molecule has 2 aromatic rings. The second-order valence-electron chi connectivity index (χ2n) is 5.45. The molecule has 0 fully saturated rings. The number of anilines is 1. The van der Waals surface area contributed by atoms with Gasteiger partial charge in [-0.1, -0.05) is 36.4 Å². The van der Waals surface area contributed by atoms with Gasteiger partial charge in [0.1, 0.15) is 0 Å². The Morgan fingerprint density at radius 1 is 0.950 bits per heavy atom. The Bertz CT molecular complexity index is 534. The van der Waals surface area contributed by atoms with Gasteiger partial charge in [-0.25, -0.2) is 0 Å². The summed E-state index contributed by atoms with van der Waals surface area (Å²) in [4.78, 5) is 2.34. The van der Waals surface area contributed by atoms with Gasteiger partial charge in [-0.15, -0.1) is 0 Å². The molecule has 0 radical (unpaired) electrons. The molecule has 0 amide bonds. The maximum Gasteiger partial charge on any atom is 0.0343 e. The summed E-state index contributed by atoms with van der Waals surface area (Å²) in [5.74, 6) is 0. The van der Waals surface area contributed by atoms with Crippen LogP contribution in [0.15, 0.2) is 48.5 Å². The lowest BCUT2D eigenvalue weighted by molar-refractivity contribution is 0.340. The van der Waals surface area contributed by atoms with Crippen molar-refractivity contribution < 1.29 is 0 Å². The van der Waals surface area contributed by atoms with Gasteiger partial charge in [0.15, 0.2) is 0 Å². The lowest BCUT2D eigenvalue weighted by atomic mass is 10.1. The molecule has 0 aliphatic heterocycles. The first kappa shape index (κ1) is 14.6. The SMILES string of the molecule is Cc1ccc(NCCN(C)Cc2ccccc2)cc1C. The molecule has 2 nitrogen and oxygen atoms in total. The summed E-state index contributed by atoms with van der Waals surface area (Å²) in [6, 6.07) is 17.1. The third kappa shape index (κ3) is 4.39. The van der Waals surface area contributed by atoms with E-state index in [2.05, 4.69) is 79.6 Å². The van der Waals surface area contributed by atoms with Crippen LogP contribution in [0.4, 0.5) is 5.69 Å². The molecule has 0 unspecified atom stereocenters. The van der Waals surface area contributed by atoms with E-state index in [1.54, 1.807) is 0 Å². The molecule has 0 spiro atoms. The van der Waals surface area contributed by atoms with Crippen molar-refractivity contribution in [1.29, 1.82) is 0 Å². The van der Waals surface area contributed by atoms with E-state index in [1.165, 1.54) is 22.4 Å². The predicted molar refractivity (Wildman–Crippen MR) is 87.2 cm³/mol. The fourth-order valence-corrected chi connectivity index (χ4v) is 2.22. The maximum absolute atomic E-state index is 3.49. The average Bonchev–Trinajstić information content (AvgIpc) is 2.44. The summed E-state index contributed by atoms with van der Waals surface area (Å²) < 4.78 is 0. The lowest BCUT2D eigenvalue weighted by Crippen LogP contribution is -2.24. The van der Waals surface area contributed by atoms with Gasteiger partial charge in [-0.2, -0.15) is 0 Å². The van der Waals surface area contributed by atoms with Crippen LogP contribution in [0, 0.1) is 13.8 Å². The highest BCUT2D eigenvalue weighted by Crippen LogP contribution is 2.13. The van der Waals surface area contributed by atoms with Gasteiger partial charge < -0.3 is 10.2 Å². The fraction of sp³-hybridized carbons (Fsp3) is 0.333. The van der Waals surface area contributed by atoms with Crippen LogP contribution < -0.4 is 5.32 Å². The molecule has 0 aromatic heterocycles. The molecule has 1 N–H and O–H groups in total. The minimum atomic E-state index is 0.964. The number of rotatable bonds is 6. The molecule has 0 bridgehead atoms. The number of hydrogen-bond donors (Lipinski definition) is 1. The van der Waals surface area contributed by atoms with Crippen molar-refractivity contribution in [3.8, 4) is 0 Å². The Kier molecular flexibility index (Phi) is 5.19. The molecule has 2 rings (SSSR count). The Morgan fingerprint density at radius 3 is 2.40 bits per heavy atom. The van der Waals surface area contributed by atoms with Gasteiger partial charge in [-0.3, -0.25) is 0 Å². The van der Waals surface area contributed by atoms with Crippen LogP contribution in [0.25, 0.3) is 0 Å². The molecule has 0 heterocycles. The number of likely N-dealkylation sites (N-methyl/N-ethyl adjacent to an activating group) is 1. The summed E-state index contributed by atoms with van der Waals surface area (Å²) in [6.45, 7) is 7.29. The molecule has 0 saturated carbocycles. The second kappa shape index (κ2) is 7.11.